The summed E-state index contributed by atoms with van der Waals surface area (Å²) in [5.41, 5.74) is 8.67. The van der Waals surface area contributed by atoms with Crippen LogP contribution >= 0.6 is 0 Å². The lowest BCUT2D eigenvalue weighted by molar-refractivity contribution is -0.133. The van der Waals surface area contributed by atoms with Crippen molar-refractivity contribution in [2.75, 3.05) is 26.2 Å². The van der Waals surface area contributed by atoms with Gasteiger partial charge in [0.15, 0.2) is 0 Å². The molecule has 0 radical (unpaired) electrons. The highest BCUT2D eigenvalue weighted by Crippen LogP contribution is 2.27. The fourth-order valence-electron chi connectivity index (χ4n) is 6.21. The van der Waals surface area contributed by atoms with E-state index in [1.807, 2.05) is 23.2 Å². The van der Waals surface area contributed by atoms with Crippen molar-refractivity contribution in [1.82, 2.24) is 14.8 Å². The number of aliphatic hydroxyl groups is 1. The number of aliphatic imine (C=N–C) groups is 1. The number of carbonyl (C=O) groups is 1. The maximum Gasteiger partial charge on any atom is 0.247 e. The Hall–Kier alpha value is -2.38. The second-order valence-corrected chi connectivity index (χ2v) is 11.4. The van der Waals surface area contributed by atoms with E-state index in [1.165, 1.54) is 32.1 Å². The number of nitrogens with two attached hydrogens (primary N) is 1. The Morgan fingerprint density at radius 3 is 2.66 bits per heavy atom. The molecule has 1 aliphatic heterocycles. The number of hydrogen-bond donors (Lipinski definition) is 3. The van der Waals surface area contributed by atoms with Gasteiger partial charge in [-0.15, -0.1) is 0 Å². The first kappa shape index (κ1) is 28.6. The average Bonchev–Trinajstić information content (AvgIpc) is 3.62. The number of para-hydroxylation sites is 1. The number of carbonyl (C=O) groups excluding carboxylic acids is 1. The van der Waals surface area contributed by atoms with Crippen LogP contribution < -0.4 is 5.73 Å². The molecule has 1 amide bonds. The second-order valence-electron chi connectivity index (χ2n) is 11.4. The van der Waals surface area contributed by atoms with Crippen molar-refractivity contribution in [3.63, 3.8) is 0 Å². The first-order valence-corrected chi connectivity index (χ1v) is 15.1. The molecule has 38 heavy (non-hydrogen) atoms. The van der Waals surface area contributed by atoms with Crippen LogP contribution in [-0.4, -0.2) is 70.1 Å². The predicted molar refractivity (Wildman–Crippen MR) is 156 cm³/mol. The van der Waals surface area contributed by atoms with E-state index >= 15 is 0 Å². The molecular formula is C31H49N5O2. The fourth-order valence-corrected chi connectivity index (χ4v) is 6.21. The van der Waals surface area contributed by atoms with Gasteiger partial charge in [0.05, 0.1) is 5.84 Å². The summed E-state index contributed by atoms with van der Waals surface area (Å²) >= 11 is 0. The zero-order valence-corrected chi connectivity index (χ0v) is 23.4. The third-order valence-electron chi connectivity index (χ3n) is 8.55. The summed E-state index contributed by atoms with van der Waals surface area (Å²) < 4.78 is 0. The first-order chi connectivity index (χ1) is 18.5. The van der Waals surface area contributed by atoms with Crippen LogP contribution in [0.1, 0.15) is 89.5 Å². The van der Waals surface area contributed by atoms with Gasteiger partial charge in [0.2, 0.25) is 5.91 Å². The number of nitrogens with zero attached hydrogens (tertiary/aromatic N) is 3. The second kappa shape index (κ2) is 14.7. The highest BCUT2D eigenvalue weighted by Gasteiger charge is 2.27. The van der Waals surface area contributed by atoms with E-state index in [9.17, 15) is 9.90 Å². The van der Waals surface area contributed by atoms with Gasteiger partial charge < -0.3 is 20.7 Å². The third-order valence-corrected chi connectivity index (χ3v) is 8.55. The standard InChI is InChI=1S/C31H49N5O2/c1-2-3-14-28(34-29(32)22-25-23-33-27-15-8-7-13-26(25)27)31(38)36(20-16-24-11-5-4-6-12-24)21-17-30(37)35-18-9-10-19-35/h7-8,13,15,23-24,28,30,33,37H,2-6,9-12,14,16-22H2,1H3,(H2,32,34). The zero-order valence-electron chi connectivity index (χ0n) is 23.4. The molecule has 2 atom stereocenters. The van der Waals surface area contributed by atoms with Gasteiger partial charge in [0.1, 0.15) is 12.3 Å². The highest BCUT2D eigenvalue weighted by molar-refractivity contribution is 5.92. The molecule has 0 bridgehead atoms. The Morgan fingerprint density at radius 2 is 1.89 bits per heavy atom. The number of benzene rings is 1. The number of aliphatic hydroxyl groups excluding tert-OH is 1. The molecule has 2 heterocycles. The van der Waals surface area contributed by atoms with Crippen LogP contribution in [0.5, 0.6) is 0 Å². The van der Waals surface area contributed by atoms with E-state index in [2.05, 4.69) is 28.9 Å². The molecule has 7 heteroatoms. The van der Waals surface area contributed by atoms with Crippen LogP contribution in [0.3, 0.4) is 0 Å². The SMILES string of the molecule is CCCCC(N=C(N)Cc1c[nH]c2ccccc12)C(=O)N(CCC1CCCCC1)CCC(O)N1CCCC1. The van der Waals surface area contributed by atoms with Gasteiger partial charge in [-0.2, -0.15) is 0 Å². The van der Waals surface area contributed by atoms with Crippen molar-refractivity contribution in [1.29, 1.82) is 0 Å². The molecule has 2 fully saturated rings. The zero-order chi connectivity index (χ0) is 26.7. The predicted octanol–water partition coefficient (Wildman–Crippen LogP) is 5.23. The van der Waals surface area contributed by atoms with Crippen LogP contribution in [0.4, 0.5) is 0 Å². The molecule has 7 nitrogen and oxygen atoms in total. The van der Waals surface area contributed by atoms with Gasteiger partial charge in [-0.25, -0.2) is 0 Å². The number of fused-ring (bicyclic) bond motifs is 1. The summed E-state index contributed by atoms with van der Waals surface area (Å²) in [6.45, 7) is 5.37. The van der Waals surface area contributed by atoms with Gasteiger partial charge in [0, 0.05) is 56.1 Å². The van der Waals surface area contributed by atoms with Gasteiger partial charge in [0.25, 0.3) is 0 Å². The molecule has 1 saturated heterocycles. The van der Waals surface area contributed by atoms with Crippen molar-refractivity contribution in [3.8, 4) is 0 Å². The number of nitrogens with one attached hydrogen (secondary N) is 1. The van der Waals surface area contributed by atoms with Crippen LogP contribution in [0.15, 0.2) is 35.5 Å². The van der Waals surface area contributed by atoms with Gasteiger partial charge in [-0.05, 0) is 43.2 Å². The molecular weight excluding hydrogens is 474 g/mol. The number of H-pyrrole nitrogens is 1. The maximum atomic E-state index is 14.0. The summed E-state index contributed by atoms with van der Waals surface area (Å²) in [6.07, 6.45) is 15.1. The molecule has 1 aliphatic carbocycles. The molecule has 210 valence electrons. The minimum absolute atomic E-state index is 0.0739. The van der Waals surface area contributed by atoms with E-state index in [0.717, 1.165) is 68.2 Å². The molecule has 2 aliphatic rings. The van der Waals surface area contributed by atoms with E-state index in [4.69, 9.17) is 10.7 Å². The molecule has 4 rings (SSSR count). The van der Waals surface area contributed by atoms with Crippen molar-refractivity contribution in [2.24, 2.45) is 16.6 Å². The minimum Gasteiger partial charge on any atom is -0.387 e. The summed E-state index contributed by atoms with van der Waals surface area (Å²) in [7, 11) is 0. The highest BCUT2D eigenvalue weighted by atomic mass is 16.3. The lowest BCUT2D eigenvalue weighted by Crippen LogP contribution is -2.43. The van der Waals surface area contributed by atoms with E-state index < -0.39 is 12.3 Å². The fraction of sp³-hybridized carbons (Fsp3) is 0.677. The number of hydrogen-bond acceptors (Lipinski definition) is 4. The van der Waals surface area contributed by atoms with Crippen LogP contribution in [-0.2, 0) is 11.2 Å². The van der Waals surface area contributed by atoms with Crippen molar-refractivity contribution < 1.29 is 9.90 Å². The van der Waals surface area contributed by atoms with Crippen molar-refractivity contribution in [3.05, 3.63) is 36.0 Å². The number of likely N-dealkylation sites (tertiary alicyclic amines) is 1. The molecule has 2 unspecified atom stereocenters. The monoisotopic (exact) mass is 523 g/mol. The largest absolute Gasteiger partial charge is 0.387 e. The Kier molecular flexibility index (Phi) is 11.1. The smallest absolute Gasteiger partial charge is 0.247 e. The minimum atomic E-state index is -0.480. The molecule has 1 aromatic carbocycles. The Balaban J connectivity index is 1.46. The number of amides is 1. The number of aromatic amines is 1. The molecule has 2 aromatic rings. The summed E-state index contributed by atoms with van der Waals surface area (Å²) in [5.74, 6) is 1.28. The lowest BCUT2D eigenvalue weighted by Gasteiger charge is -2.31. The topological polar surface area (TPSA) is 97.9 Å². The quantitative estimate of drug-likeness (QED) is 0.233. The number of unbranched alkanes of at least 4 members (excludes halogenated alkanes) is 1. The van der Waals surface area contributed by atoms with E-state index in [0.29, 0.717) is 37.6 Å². The average molecular weight is 524 g/mol. The van der Waals surface area contributed by atoms with E-state index in [-0.39, 0.29) is 5.91 Å². The van der Waals surface area contributed by atoms with Crippen molar-refractivity contribution in [2.45, 2.75) is 103 Å². The van der Waals surface area contributed by atoms with Crippen LogP contribution in [0.25, 0.3) is 10.9 Å². The Labute approximate surface area is 228 Å². The number of amidine groups is 1. The van der Waals surface area contributed by atoms with Crippen LogP contribution in [0, 0.1) is 5.92 Å². The molecule has 4 N–H and O–H groups in total. The van der Waals surface area contributed by atoms with Gasteiger partial charge in [-0.3, -0.25) is 14.7 Å². The lowest BCUT2D eigenvalue weighted by atomic mass is 9.87. The summed E-state index contributed by atoms with van der Waals surface area (Å²) in [5, 5.41) is 11.9. The van der Waals surface area contributed by atoms with E-state index in [1.54, 1.807) is 0 Å². The third kappa shape index (κ3) is 8.06. The van der Waals surface area contributed by atoms with Gasteiger partial charge in [-0.1, -0.05) is 70.1 Å². The maximum absolute atomic E-state index is 14.0. The Morgan fingerprint density at radius 1 is 1.13 bits per heavy atom. The van der Waals surface area contributed by atoms with Crippen molar-refractivity contribution >= 4 is 22.6 Å². The summed E-state index contributed by atoms with van der Waals surface area (Å²) in [4.78, 5) is 26.3. The number of aromatic nitrogens is 1. The summed E-state index contributed by atoms with van der Waals surface area (Å²) in [6, 6.07) is 7.73. The normalized spacial score (nSPS) is 19.2. The van der Waals surface area contributed by atoms with Gasteiger partial charge >= 0.3 is 0 Å². The Bertz CT molecular complexity index is 1020. The van der Waals surface area contributed by atoms with Crippen LogP contribution in [0.2, 0.25) is 0 Å². The molecule has 1 saturated carbocycles. The molecule has 0 spiro atoms. The first-order valence-electron chi connectivity index (χ1n) is 15.1. The number of rotatable bonds is 14. The molecule has 1 aromatic heterocycles.